The molecule has 1 heterocycles. The average Bonchev–Trinajstić information content (AvgIpc) is 2.38. The van der Waals surface area contributed by atoms with Crippen LogP contribution in [0.15, 0.2) is 0 Å². The van der Waals surface area contributed by atoms with Gasteiger partial charge in [-0.15, -0.1) is 0 Å². The number of hydrogen-bond acceptors (Lipinski definition) is 4. The van der Waals surface area contributed by atoms with E-state index in [4.69, 9.17) is 10.4 Å². The number of carboxylic acid groups (broad SMARTS) is 1. The molecule has 1 rings (SSSR count). The van der Waals surface area contributed by atoms with Crippen LogP contribution in [0.25, 0.3) is 0 Å². The molecule has 8 heteroatoms. The van der Waals surface area contributed by atoms with Gasteiger partial charge in [-0.2, -0.15) is 22.3 Å². The molecule has 1 atom stereocenters. The Morgan fingerprint density at radius 2 is 2.05 bits per heavy atom. The number of nitriles is 1. The van der Waals surface area contributed by atoms with Gasteiger partial charge in [0.05, 0.1) is 17.9 Å². The summed E-state index contributed by atoms with van der Waals surface area (Å²) in [6.45, 7) is 2.22. The van der Waals surface area contributed by atoms with E-state index in [1.165, 1.54) is 11.4 Å². The molecule has 0 aromatic carbocycles. The largest absolute Gasteiger partial charge is 0.481 e. The second kappa shape index (κ2) is 6.32. The first-order chi connectivity index (χ1) is 8.78. The van der Waals surface area contributed by atoms with Gasteiger partial charge in [-0.25, -0.2) is 0 Å². The number of nitrogens with zero attached hydrogens (tertiary/aromatic N) is 3. The topological polar surface area (TPSA) is 102 Å². The molecule has 7 nitrogen and oxygen atoms in total. The minimum atomic E-state index is -3.59. The molecule has 0 amide bonds. The van der Waals surface area contributed by atoms with Crippen molar-refractivity contribution >= 4 is 16.2 Å². The molecule has 19 heavy (non-hydrogen) atoms. The number of rotatable bonds is 5. The number of hydrogen-bond donors (Lipinski definition) is 1. The maximum absolute atomic E-state index is 12.2. The van der Waals surface area contributed by atoms with Gasteiger partial charge in [0.1, 0.15) is 0 Å². The zero-order valence-corrected chi connectivity index (χ0v) is 11.9. The van der Waals surface area contributed by atoms with E-state index in [0.29, 0.717) is 12.8 Å². The average molecular weight is 289 g/mol. The lowest BCUT2D eigenvalue weighted by Crippen LogP contribution is -2.47. The molecular formula is C11H19N3O4S. The number of carbonyl (C=O) groups is 1. The molecule has 0 bridgehead atoms. The van der Waals surface area contributed by atoms with Crippen molar-refractivity contribution in [3.05, 3.63) is 0 Å². The third-order valence-corrected chi connectivity index (χ3v) is 5.23. The summed E-state index contributed by atoms with van der Waals surface area (Å²) < 4.78 is 26.9. The Kier molecular flexibility index (Phi) is 5.29. The van der Waals surface area contributed by atoms with Gasteiger partial charge in [0.15, 0.2) is 0 Å². The lowest BCUT2D eigenvalue weighted by Gasteiger charge is -2.32. The Balaban J connectivity index is 2.65. The van der Waals surface area contributed by atoms with E-state index in [2.05, 4.69) is 0 Å². The van der Waals surface area contributed by atoms with E-state index in [0.717, 1.165) is 4.31 Å². The zero-order chi connectivity index (χ0) is 14.6. The number of piperidine rings is 1. The fraction of sp³-hybridized carbons (Fsp3) is 0.818. The standard InChI is InChI=1S/C11H19N3O4S/c1-9(7-12)8-13(2)19(17,18)14-5-3-10(4-6-14)11(15)16/h9-10H,3-6,8H2,1-2H3,(H,15,16). The number of aliphatic carboxylic acids is 1. The molecular weight excluding hydrogens is 270 g/mol. The minimum Gasteiger partial charge on any atom is -0.481 e. The monoisotopic (exact) mass is 289 g/mol. The SMILES string of the molecule is CC(C#N)CN(C)S(=O)(=O)N1CCC(C(=O)O)CC1. The molecule has 1 saturated heterocycles. The van der Waals surface area contributed by atoms with E-state index in [1.807, 2.05) is 6.07 Å². The van der Waals surface area contributed by atoms with Gasteiger partial charge < -0.3 is 5.11 Å². The van der Waals surface area contributed by atoms with Gasteiger partial charge in [-0.05, 0) is 19.8 Å². The van der Waals surface area contributed by atoms with Crippen molar-refractivity contribution in [3.63, 3.8) is 0 Å². The summed E-state index contributed by atoms with van der Waals surface area (Å²) in [5, 5.41) is 17.6. The van der Waals surface area contributed by atoms with Crippen LogP contribution in [0.4, 0.5) is 0 Å². The predicted octanol–water partition coefficient (Wildman–Crippen LogP) is 0.119. The van der Waals surface area contributed by atoms with Crippen molar-refractivity contribution in [1.29, 1.82) is 5.26 Å². The normalized spacial score (nSPS) is 20.1. The second-order valence-corrected chi connectivity index (χ2v) is 6.87. The molecule has 1 aliphatic heterocycles. The summed E-state index contributed by atoms with van der Waals surface area (Å²) in [6.07, 6.45) is 0.659. The highest BCUT2D eigenvalue weighted by Crippen LogP contribution is 2.21. The first kappa shape index (κ1) is 15.9. The summed E-state index contributed by atoms with van der Waals surface area (Å²) in [7, 11) is -2.16. The van der Waals surface area contributed by atoms with Gasteiger partial charge in [0, 0.05) is 26.7 Å². The van der Waals surface area contributed by atoms with Crippen molar-refractivity contribution in [2.45, 2.75) is 19.8 Å². The van der Waals surface area contributed by atoms with Gasteiger partial charge >= 0.3 is 5.97 Å². The van der Waals surface area contributed by atoms with Crippen LogP contribution in [-0.2, 0) is 15.0 Å². The molecule has 0 saturated carbocycles. The highest BCUT2D eigenvalue weighted by atomic mass is 32.2. The van der Waals surface area contributed by atoms with E-state index >= 15 is 0 Å². The Bertz CT molecular complexity index is 463. The van der Waals surface area contributed by atoms with Gasteiger partial charge in [0.25, 0.3) is 10.2 Å². The van der Waals surface area contributed by atoms with E-state index in [9.17, 15) is 13.2 Å². The van der Waals surface area contributed by atoms with Gasteiger partial charge in [0.2, 0.25) is 0 Å². The molecule has 0 aliphatic carbocycles. The summed E-state index contributed by atoms with van der Waals surface area (Å²) >= 11 is 0. The van der Waals surface area contributed by atoms with E-state index in [1.54, 1.807) is 6.92 Å². The Morgan fingerprint density at radius 3 is 2.47 bits per heavy atom. The quantitative estimate of drug-likeness (QED) is 0.774. The van der Waals surface area contributed by atoms with Crippen molar-refractivity contribution in [3.8, 4) is 6.07 Å². The first-order valence-corrected chi connectivity index (χ1v) is 7.52. The zero-order valence-electron chi connectivity index (χ0n) is 11.1. The summed E-state index contributed by atoms with van der Waals surface area (Å²) in [4.78, 5) is 10.8. The second-order valence-electron chi connectivity index (χ2n) is 4.83. The smallest absolute Gasteiger partial charge is 0.306 e. The molecule has 1 fully saturated rings. The molecule has 1 N–H and O–H groups in total. The van der Waals surface area contributed by atoms with Crippen LogP contribution in [0.1, 0.15) is 19.8 Å². The van der Waals surface area contributed by atoms with Crippen LogP contribution in [-0.4, -0.2) is 54.8 Å². The van der Waals surface area contributed by atoms with Crippen LogP contribution in [0.2, 0.25) is 0 Å². The summed E-state index contributed by atoms with van der Waals surface area (Å²) in [5.74, 6) is -1.71. The Hall–Kier alpha value is -1.17. The third kappa shape index (κ3) is 3.89. The highest BCUT2D eigenvalue weighted by Gasteiger charge is 2.33. The van der Waals surface area contributed by atoms with Crippen LogP contribution in [0.3, 0.4) is 0 Å². The molecule has 0 aromatic heterocycles. The van der Waals surface area contributed by atoms with Crippen molar-refractivity contribution in [2.75, 3.05) is 26.7 Å². The van der Waals surface area contributed by atoms with E-state index in [-0.39, 0.29) is 25.6 Å². The van der Waals surface area contributed by atoms with Crippen LogP contribution in [0.5, 0.6) is 0 Å². The molecule has 1 aliphatic rings. The summed E-state index contributed by atoms with van der Waals surface area (Å²) in [5.41, 5.74) is 0. The third-order valence-electron chi connectivity index (χ3n) is 3.27. The minimum absolute atomic E-state index is 0.137. The van der Waals surface area contributed by atoms with Gasteiger partial charge in [-0.1, -0.05) is 0 Å². The molecule has 108 valence electrons. The lowest BCUT2D eigenvalue weighted by molar-refractivity contribution is -0.142. The highest BCUT2D eigenvalue weighted by molar-refractivity contribution is 7.86. The predicted molar refractivity (Wildman–Crippen MR) is 68.3 cm³/mol. The van der Waals surface area contributed by atoms with Crippen LogP contribution < -0.4 is 0 Å². The first-order valence-electron chi connectivity index (χ1n) is 6.13. The van der Waals surface area contributed by atoms with Gasteiger partial charge in [-0.3, -0.25) is 4.79 Å². The van der Waals surface area contributed by atoms with Crippen LogP contribution in [0, 0.1) is 23.2 Å². The molecule has 1 unspecified atom stereocenters. The Labute approximate surface area is 113 Å². The Morgan fingerprint density at radius 1 is 1.53 bits per heavy atom. The van der Waals surface area contributed by atoms with Crippen LogP contribution >= 0.6 is 0 Å². The van der Waals surface area contributed by atoms with Crippen molar-refractivity contribution < 1.29 is 18.3 Å². The fourth-order valence-corrected chi connectivity index (χ4v) is 3.53. The molecule has 0 aromatic rings. The van der Waals surface area contributed by atoms with E-state index < -0.39 is 22.1 Å². The molecule has 0 spiro atoms. The fourth-order valence-electron chi connectivity index (χ4n) is 2.05. The summed E-state index contributed by atoms with van der Waals surface area (Å²) in [6, 6.07) is 1.99. The number of carboxylic acids is 1. The van der Waals surface area contributed by atoms with Crippen molar-refractivity contribution in [2.24, 2.45) is 11.8 Å². The molecule has 0 radical (unpaired) electrons. The lowest BCUT2D eigenvalue weighted by atomic mass is 9.99. The maximum atomic E-state index is 12.2. The van der Waals surface area contributed by atoms with Crippen molar-refractivity contribution in [1.82, 2.24) is 8.61 Å². The maximum Gasteiger partial charge on any atom is 0.306 e.